The molecule has 0 aliphatic rings. The molecule has 1 aromatic heterocycles. The van der Waals surface area contributed by atoms with E-state index in [0.717, 1.165) is 11.3 Å². The number of benzene rings is 1. The Balaban J connectivity index is 2.26. The molecule has 0 saturated heterocycles. The second kappa shape index (κ2) is 5.32. The van der Waals surface area contributed by atoms with Crippen LogP contribution in [0, 0.1) is 25.2 Å². The van der Waals surface area contributed by atoms with Crippen LogP contribution in [0.4, 0.5) is 5.69 Å². The van der Waals surface area contributed by atoms with Gasteiger partial charge in [-0.2, -0.15) is 5.26 Å². The van der Waals surface area contributed by atoms with Gasteiger partial charge in [-0.3, -0.25) is 9.78 Å². The van der Waals surface area contributed by atoms with Gasteiger partial charge in [0.05, 0.1) is 11.6 Å². The van der Waals surface area contributed by atoms with Gasteiger partial charge in [-0.25, -0.2) is 0 Å². The molecule has 2 rings (SSSR count). The van der Waals surface area contributed by atoms with Crippen molar-refractivity contribution in [2.24, 2.45) is 0 Å². The Morgan fingerprint density at radius 1 is 1.32 bits per heavy atom. The first kappa shape index (κ1) is 12.8. The molecule has 4 heteroatoms. The molecule has 2 aromatic rings. The highest BCUT2D eigenvalue weighted by molar-refractivity contribution is 6.05. The third-order valence-electron chi connectivity index (χ3n) is 2.95. The van der Waals surface area contributed by atoms with Gasteiger partial charge in [0.15, 0.2) is 0 Å². The number of nitrogens with one attached hydrogen (secondary N) is 1. The lowest BCUT2D eigenvalue weighted by Gasteiger charge is -2.09. The van der Waals surface area contributed by atoms with E-state index in [1.807, 2.05) is 19.9 Å². The van der Waals surface area contributed by atoms with Crippen molar-refractivity contribution < 1.29 is 4.79 Å². The van der Waals surface area contributed by atoms with Crippen LogP contribution in [-0.2, 0) is 0 Å². The van der Waals surface area contributed by atoms with E-state index in [1.165, 1.54) is 0 Å². The van der Waals surface area contributed by atoms with E-state index in [4.69, 9.17) is 5.26 Å². The average Bonchev–Trinajstić information content (AvgIpc) is 2.42. The van der Waals surface area contributed by atoms with Crippen molar-refractivity contribution in [3.63, 3.8) is 0 Å². The predicted molar refractivity (Wildman–Crippen MR) is 72.8 cm³/mol. The van der Waals surface area contributed by atoms with E-state index >= 15 is 0 Å². The number of hydrogen-bond acceptors (Lipinski definition) is 3. The van der Waals surface area contributed by atoms with Crippen LogP contribution in [0.25, 0.3) is 0 Å². The zero-order valence-electron chi connectivity index (χ0n) is 10.8. The number of aromatic nitrogens is 1. The topological polar surface area (TPSA) is 65.8 Å². The summed E-state index contributed by atoms with van der Waals surface area (Å²) in [5.41, 5.74) is 3.41. The number of rotatable bonds is 2. The minimum atomic E-state index is -0.196. The molecule has 0 bridgehead atoms. The number of anilines is 1. The fourth-order valence-corrected chi connectivity index (χ4v) is 1.75. The van der Waals surface area contributed by atoms with E-state index in [9.17, 15) is 4.79 Å². The fourth-order valence-electron chi connectivity index (χ4n) is 1.75. The highest BCUT2D eigenvalue weighted by atomic mass is 16.1. The molecule has 0 unspecified atom stereocenters. The van der Waals surface area contributed by atoms with Crippen LogP contribution in [0.2, 0.25) is 0 Å². The molecule has 0 fully saturated rings. The largest absolute Gasteiger partial charge is 0.322 e. The molecule has 0 saturated carbocycles. The van der Waals surface area contributed by atoms with Gasteiger partial charge in [-0.05, 0) is 43.7 Å². The zero-order valence-corrected chi connectivity index (χ0v) is 10.8. The minimum Gasteiger partial charge on any atom is -0.322 e. The van der Waals surface area contributed by atoms with E-state index in [-0.39, 0.29) is 5.91 Å². The summed E-state index contributed by atoms with van der Waals surface area (Å²) in [6.07, 6.45) is 1.61. The van der Waals surface area contributed by atoms with Crippen molar-refractivity contribution in [1.29, 1.82) is 5.26 Å². The summed E-state index contributed by atoms with van der Waals surface area (Å²) in [6, 6.07) is 10.5. The number of amides is 1. The first-order chi connectivity index (χ1) is 9.11. The van der Waals surface area contributed by atoms with Crippen LogP contribution in [0.1, 0.15) is 27.2 Å². The normalized spacial score (nSPS) is 9.74. The van der Waals surface area contributed by atoms with Gasteiger partial charge in [0.25, 0.3) is 5.91 Å². The van der Waals surface area contributed by atoms with Gasteiger partial charge in [0, 0.05) is 23.1 Å². The number of carbonyl (C=O) groups excluding carboxylic acids is 1. The van der Waals surface area contributed by atoms with Gasteiger partial charge >= 0.3 is 0 Å². The lowest BCUT2D eigenvalue weighted by atomic mass is 10.1. The Labute approximate surface area is 111 Å². The summed E-state index contributed by atoms with van der Waals surface area (Å²) >= 11 is 0. The minimum absolute atomic E-state index is 0.196. The Kier molecular flexibility index (Phi) is 3.58. The smallest absolute Gasteiger partial charge is 0.256 e. The van der Waals surface area contributed by atoms with Gasteiger partial charge in [0.1, 0.15) is 0 Å². The van der Waals surface area contributed by atoms with Crippen LogP contribution in [0.3, 0.4) is 0 Å². The molecule has 0 radical (unpaired) electrons. The summed E-state index contributed by atoms with van der Waals surface area (Å²) in [6.45, 7) is 3.73. The van der Waals surface area contributed by atoms with Crippen LogP contribution >= 0.6 is 0 Å². The average molecular weight is 251 g/mol. The Morgan fingerprint density at radius 2 is 2.11 bits per heavy atom. The second-order valence-corrected chi connectivity index (χ2v) is 4.22. The molecule has 4 nitrogen and oxygen atoms in total. The van der Waals surface area contributed by atoms with E-state index in [2.05, 4.69) is 10.3 Å². The number of nitriles is 1. The lowest BCUT2D eigenvalue weighted by molar-refractivity contribution is 0.102. The molecule has 0 aliphatic carbocycles. The Morgan fingerprint density at radius 3 is 2.84 bits per heavy atom. The molecule has 19 heavy (non-hydrogen) atoms. The first-order valence-corrected chi connectivity index (χ1v) is 5.85. The maximum absolute atomic E-state index is 12.2. The molecule has 1 N–H and O–H groups in total. The van der Waals surface area contributed by atoms with Crippen molar-refractivity contribution in [2.75, 3.05) is 5.32 Å². The van der Waals surface area contributed by atoms with Gasteiger partial charge in [0.2, 0.25) is 0 Å². The molecule has 1 amide bonds. The highest BCUT2D eigenvalue weighted by Gasteiger charge is 2.11. The summed E-state index contributed by atoms with van der Waals surface area (Å²) in [5, 5.41) is 11.6. The molecular weight excluding hydrogens is 238 g/mol. The first-order valence-electron chi connectivity index (χ1n) is 5.85. The molecular formula is C15H13N3O. The number of carbonyl (C=O) groups is 1. The second-order valence-electron chi connectivity index (χ2n) is 4.22. The van der Waals surface area contributed by atoms with Crippen molar-refractivity contribution in [3.8, 4) is 6.07 Å². The van der Waals surface area contributed by atoms with Gasteiger partial charge < -0.3 is 5.32 Å². The lowest BCUT2D eigenvalue weighted by Crippen LogP contribution is -2.14. The monoisotopic (exact) mass is 251 g/mol. The molecule has 1 heterocycles. The van der Waals surface area contributed by atoms with Crippen LogP contribution in [0.15, 0.2) is 36.5 Å². The molecule has 0 atom stereocenters. The summed E-state index contributed by atoms with van der Waals surface area (Å²) in [4.78, 5) is 16.3. The Bertz CT molecular complexity index is 671. The number of nitrogens with zero attached hydrogens (tertiary/aromatic N) is 2. The SMILES string of the molecule is Cc1nccc(C(=O)Nc2cccc(C#N)c2)c1C. The third-order valence-corrected chi connectivity index (χ3v) is 2.95. The van der Waals surface area contributed by atoms with Gasteiger partial charge in [-0.15, -0.1) is 0 Å². The van der Waals surface area contributed by atoms with Crippen molar-refractivity contribution in [1.82, 2.24) is 4.98 Å². The third kappa shape index (κ3) is 2.78. The molecule has 0 spiro atoms. The molecule has 1 aromatic carbocycles. The summed E-state index contributed by atoms with van der Waals surface area (Å²) in [7, 11) is 0. The van der Waals surface area contributed by atoms with Gasteiger partial charge in [-0.1, -0.05) is 6.07 Å². The van der Waals surface area contributed by atoms with E-state index in [1.54, 1.807) is 36.5 Å². The summed E-state index contributed by atoms with van der Waals surface area (Å²) in [5.74, 6) is -0.196. The van der Waals surface area contributed by atoms with Crippen LogP contribution in [-0.4, -0.2) is 10.9 Å². The number of aryl methyl sites for hydroxylation is 1. The van der Waals surface area contributed by atoms with E-state index < -0.39 is 0 Å². The van der Waals surface area contributed by atoms with Crippen molar-refractivity contribution >= 4 is 11.6 Å². The zero-order chi connectivity index (χ0) is 13.8. The fraction of sp³-hybridized carbons (Fsp3) is 0.133. The van der Waals surface area contributed by atoms with Crippen LogP contribution < -0.4 is 5.32 Å². The number of hydrogen-bond donors (Lipinski definition) is 1. The maximum atomic E-state index is 12.2. The predicted octanol–water partition coefficient (Wildman–Crippen LogP) is 2.82. The standard InChI is InChI=1S/C15H13N3O/c1-10-11(2)17-7-6-14(10)15(19)18-13-5-3-4-12(8-13)9-16/h3-8H,1-2H3,(H,18,19). The Hall–Kier alpha value is -2.67. The van der Waals surface area contributed by atoms with Crippen molar-refractivity contribution in [3.05, 3.63) is 58.9 Å². The van der Waals surface area contributed by atoms with E-state index in [0.29, 0.717) is 16.8 Å². The number of pyridine rings is 1. The quantitative estimate of drug-likeness (QED) is 0.892. The molecule has 94 valence electrons. The highest BCUT2D eigenvalue weighted by Crippen LogP contribution is 2.14. The van der Waals surface area contributed by atoms with Crippen LogP contribution in [0.5, 0.6) is 0 Å². The summed E-state index contributed by atoms with van der Waals surface area (Å²) < 4.78 is 0. The molecule has 0 aliphatic heterocycles. The maximum Gasteiger partial charge on any atom is 0.256 e. The van der Waals surface area contributed by atoms with Crippen molar-refractivity contribution in [2.45, 2.75) is 13.8 Å².